The normalized spacial score (nSPS) is 45.0. The highest BCUT2D eigenvalue weighted by molar-refractivity contribution is 7.99. The lowest BCUT2D eigenvalue weighted by molar-refractivity contribution is 0.126. The summed E-state index contributed by atoms with van der Waals surface area (Å²) in [6, 6.07) is 0. The van der Waals surface area contributed by atoms with Gasteiger partial charge in [-0.1, -0.05) is 0 Å². The zero-order valence-corrected chi connectivity index (χ0v) is 5.62. The highest BCUT2D eigenvalue weighted by atomic mass is 32.2. The second-order valence-electron chi connectivity index (χ2n) is 2.59. The van der Waals surface area contributed by atoms with Gasteiger partial charge < -0.3 is 4.74 Å². The Morgan fingerprint density at radius 3 is 3.12 bits per heavy atom. The van der Waals surface area contributed by atoms with Crippen molar-refractivity contribution in [3.63, 3.8) is 0 Å². The first-order valence-electron chi connectivity index (χ1n) is 3.14. The summed E-state index contributed by atoms with van der Waals surface area (Å²) in [5.74, 6) is 3.49. The number of thioether (sulfide) groups is 1. The van der Waals surface area contributed by atoms with Crippen LogP contribution in [-0.4, -0.2) is 24.2 Å². The molecule has 2 heterocycles. The first-order chi connectivity index (χ1) is 3.95. The Kier molecular flexibility index (Phi) is 1.23. The lowest BCUT2D eigenvalue weighted by Crippen LogP contribution is -2.14. The van der Waals surface area contributed by atoms with Gasteiger partial charge in [0, 0.05) is 5.75 Å². The van der Waals surface area contributed by atoms with Crippen LogP contribution in [0.3, 0.4) is 0 Å². The molecule has 0 amide bonds. The molecular formula is C6H10OS. The summed E-state index contributed by atoms with van der Waals surface area (Å²) in [5, 5.41) is 0. The Morgan fingerprint density at radius 1 is 1.38 bits per heavy atom. The fourth-order valence-corrected chi connectivity index (χ4v) is 2.58. The Labute approximate surface area is 53.8 Å². The minimum absolute atomic E-state index is 0.624. The van der Waals surface area contributed by atoms with Gasteiger partial charge in [-0.25, -0.2) is 0 Å². The quantitative estimate of drug-likeness (QED) is 0.486. The lowest BCUT2D eigenvalue weighted by atomic mass is 10.1. The molecule has 0 aromatic carbocycles. The van der Waals surface area contributed by atoms with E-state index in [1.54, 1.807) is 0 Å². The number of fused-ring (bicyclic) bond motifs is 2. The van der Waals surface area contributed by atoms with Crippen LogP contribution in [0, 0.1) is 5.92 Å². The third-order valence-corrected chi connectivity index (χ3v) is 3.14. The van der Waals surface area contributed by atoms with Gasteiger partial charge >= 0.3 is 0 Å². The Bertz CT molecular complexity index is 80.5. The van der Waals surface area contributed by atoms with Crippen molar-refractivity contribution in [1.29, 1.82) is 0 Å². The monoisotopic (exact) mass is 130 g/mol. The van der Waals surface area contributed by atoms with E-state index in [-0.39, 0.29) is 0 Å². The fourth-order valence-electron chi connectivity index (χ4n) is 1.38. The van der Waals surface area contributed by atoms with E-state index in [2.05, 4.69) is 0 Å². The van der Waals surface area contributed by atoms with E-state index in [1.807, 2.05) is 11.8 Å². The van der Waals surface area contributed by atoms with Crippen LogP contribution in [0.2, 0.25) is 0 Å². The molecule has 2 atom stereocenters. The van der Waals surface area contributed by atoms with E-state index in [0.29, 0.717) is 6.10 Å². The van der Waals surface area contributed by atoms with Gasteiger partial charge in [-0.15, -0.1) is 0 Å². The topological polar surface area (TPSA) is 9.23 Å². The van der Waals surface area contributed by atoms with Gasteiger partial charge in [-0.2, -0.15) is 11.8 Å². The average molecular weight is 130 g/mol. The molecule has 46 valence electrons. The smallest absolute Gasteiger partial charge is 0.0669 e. The molecule has 2 rings (SSSR count). The molecular weight excluding hydrogens is 120 g/mol. The molecule has 0 aliphatic carbocycles. The van der Waals surface area contributed by atoms with Crippen LogP contribution in [0.4, 0.5) is 0 Å². The van der Waals surface area contributed by atoms with Crippen LogP contribution in [-0.2, 0) is 4.74 Å². The molecule has 0 aromatic heterocycles. The first kappa shape index (κ1) is 5.12. The third kappa shape index (κ3) is 0.759. The second kappa shape index (κ2) is 1.92. The summed E-state index contributed by atoms with van der Waals surface area (Å²) in [6.07, 6.45) is 1.96. The van der Waals surface area contributed by atoms with Crippen molar-refractivity contribution in [2.24, 2.45) is 5.92 Å². The summed E-state index contributed by atoms with van der Waals surface area (Å²) in [6.45, 7) is 1.04. The lowest BCUT2D eigenvalue weighted by Gasteiger charge is -2.14. The summed E-state index contributed by atoms with van der Waals surface area (Å²) < 4.78 is 5.46. The van der Waals surface area contributed by atoms with Crippen molar-refractivity contribution in [2.45, 2.75) is 12.5 Å². The van der Waals surface area contributed by atoms with Crippen molar-refractivity contribution in [1.82, 2.24) is 0 Å². The van der Waals surface area contributed by atoms with Crippen molar-refractivity contribution in [3.8, 4) is 0 Å². The molecule has 8 heavy (non-hydrogen) atoms. The molecule has 0 N–H and O–H groups in total. The van der Waals surface area contributed by atoms with Crippen LogP contribution in [0.5, 0.6) is 0 Å². The number of hydrogen-bond acceptors (Lipinski definition) is 2. The zero-order valence-electron chi connectivity index (χ0n) is 4.80. The van der Waals surface area contributed by atoms with Gasteiger partial charge in [-0.3, -0.25) is 0 Å². The third-order valence-electron chi connectivity index (χ3n) is 1.82. The molecule has 0 spiro atoms. The van der Waals surface area contributed by atoms with Gasteiger partial charge in [-0.05, 0) is 18.1 Å². The van der Waals surface area contributed by atoms with E-state index in [4.69, 9.17) is 4.74 Å². The maximum absolute atomic E-state index is 5.46. The molecule has 2 fully saturated rings. The summed E-state index contributed by atoms with van der Waals surface area (Å²) in [4.78, 5) is 0. The molecule has 2 aliphatic rings. The minimum atomic E-state index is 0.624. The summed E-state index contributed by atoms with van der Waals surface area (Å²) in [7, 11) is 0. The second-order valence-corrected chi connectivity index (χ2v) is 3.67. The Morgan fingerprint density at radius 2 is 2.38 bits per heavy atom. The van der Waals surface area contributed by atoms with Gasteiger partial charge in [0.05, 0.1) is 12.7 Å². The van der Waals surface area contributed by atoms with Gasteiger partial charge in [0.1, 0.15) is 0 Å². The highest BCUT2D eigenvalue weighted by Gasteiger charge is 2.29. The van der Waals surface area contributed by atoms with Crippen molar-refractivity contribution in [2.75, 3.05) is 18.1 Å². The molecule has 2 unspecified atom stereocenters. The number of hydrogen-bond donors (Lipinski definition) is 0. The predicted octanol–water partition coefficient (Wildman–Crippen LogP) is 1.14. The van der Waals surface area contributed by atoms with Crippen LogP contribution in [0.15, 0.2) is 0 Å². The van der Waals surface area contributed by atoms with Crippen molar-refractivity contribution >= 4 is 11.8 Å². The Balaban J connectivity index is 2.03. The fraction of sp³-hybridized carbons (Fsp3) is 1.00. The van der Waals surface area contributed by atoms with Crippen LogP contribution < -0.4 is 0 Å². The van der Waals surface area contributed by atoms with E-state index in [9.17, 15) is 0 Å². The van der Waals surface area contributed by atoms with E-state index in [1.165, 1.54) is 17.9 Å². The molecule has 0 aromatic rings. The molecule has 2 bridgehead atoms. The Hall–Kier alpha value is 0.310. The van der Waals surface area contributed by atoms with Crippen molar-refractivity contribution in [3.05, 3.63) is 0 Å². The summed E-state index contributed by atoms with van der Waals surface area (Å²) in [5.41, 5.74) is 0. The maximum Gasteiger partial charge on any atom is 0.0669 e. The van der Waals surface area contributed by atoms with Crippen molar-refractivity contribution < 1.29 is 4.74 Å². The maximum atomic E-state index is 5.46. The predicted molar refractivity (Wildman–Crippen MR) is 35.2 cm³/mol. The van der Waals surface area contributed by atoms with E-state index in [0.717, 1.165) is 12.5 Å². The molecule has 0 radical (unpaired) electrons. The SMILES string of the molecule is C1OC2CSCC1C2. The van der Waals surface area contributed by atoms with Crippen LogP contribution >= 0.6 is 11.8 Å². The molecule has 2 heteroatoms. The highest BCUT2D eigenvalue weighted by Crippen LogP contribution is 2.30. The molecule has 0 saturated carbocycles. The largest absolute Gasteiger partial charge is 0.377 e. The van der Waals surface area contributed by atoms with E-state index >= 15 is 0 Å². The van der Waals surface area contributed by atoms with Gasteiger partial charge in [0.15, 0.2) is 0 Å². The van der Waals surface area contributed by atoms with Crippen LogP contribution in [0.1, 0.15) is 6.42 Å². The number of rotatable bonds is 0. The molecule has 1 nitrogen and oxygen atoms in total. The standard InChI is InChI=1S/C6H10OS/c1-5-2-7-6(1)4-8-3-5/h5-6H,1-4H2. The van der Waals surface area contributed by atoms with Gasteiger partial charge in [0.25, 0.3) is 0 Å². The number of ether oxygens (including phenoxy) is 1. The zero-order chi connectivity index (χ0) is 5.40. The van der Waals surface area contributed by atoms with Crippen LogP contribution in [0.25, 0.3) is 0 Å². The molecule has 2 aliphatic heterocycles. The van der Waals surface area contributed by atoms with E-state index < -0.39 is 0 Å². The molecule has 2 saturated heterocycles. The summed E-state index contributed by atoms with van der Waals surface area (Å²) >= 11 is 2.05. The average Bonchev–Trinajstić information content (AvgIpc) is 2.12. The first-order valence-corrected chi connectivity index (χ1v) is 4.30. The van der Waals surface area contributed by atoms with Gasteiger partial charge in [0.2, 0.25) is 0 Å². The minimum Gasteiger partial charge on any atom is -0.377 e.